The Kier molecular flexibility index (Phi) is 4.45. The Morgan fingerprint density at radius 2 is 1.86 bits per heavy atom. The summed E-state index contributed by atoms with van der Waals surface area (Å²) < 4.78 is 12.3. The number of hydrogen-bond donors (Lipinski definition) is 1. The first-order valence-corrected chi connectivity index (χ1v) is 9.39. The maximum Gasteiger partial charge on any atom is 0.256 e. The van der Waals surface area contributed by atoms with Crippen LogP contribution in [0.15, 0.2) is 65.6 Å². The molecule has 1 aromatic carbocycles. The summed E-state index contributed by atoms with van der Waals surface area (Å²) in [7, 11) is 0. The van der Waals surface area contributed by atoms with E-state index in [1.54, 1.807) is 35.4 Å². The van der Waals surface area contributed by atoms with Crippen LogP contribution in [-0.2, 0) is 4.74 Å². The molecule has 8 heteroatoms. The van der Waals surface area contributed by atoms with E-state index >= 15 is 0 Å². The van der Waals surface area contributed by atoms with Crippen LogP contribution in [0, 0.1) is 0 Å². The van der Waals surface area contributed by atoms with E-state index in [4.69, 9.17) is 9.15 Å². The Balaban J connectivity index is 1.40. The fourth-order valence-electron chi connectivity index (χ4n) is 3.41. The molecule has 0 bridgehead atoms. The number of carbonyl (C=O) groups is 1. The van der Waals surface area contributed by atoms with Crippen LogP contribution >= 0.6 is 0 Å². The van der Waals surface area contributed by atoms with Crippen LogP contribution in [0.25, 0.3) is 16.8 Å². The minimum Gasteiger partial charge on any atom is -0.472 e. The number of fused-ring (bicyclic) bond motifs is 1. The van der Waals surface area contributed by atoms with Gasteiger partial charge in [-0.25, -0.2) is 4.98 Å². The Morgan fingerprint density at radius 3 is 2.62 bits per heavy atom. The molecule has 1 N–H and O–H groups in total. The van der Waals surface area contributed by atoms with Crippen molar-refractivity contribution in [3.63, 3.8) is 0 Å². The zero-order valence-electron chi connectivity index (χ0n) is 15.6. The van der Waals surface area contributed by atoms with Gasteiger partial charge in [-0.2, -0.15) is 9.61 Å². The van der Waals surface area contributed by atoms with Crippen LogP contribution in [0.4, 0.5) is 11.6 Å². The lowest BCUT2D eigenvalue weighted by atomic mass is 10.1. The van der Waals surface area contributed by atoms with E-state index in [0.717, 1.165) is 30.0 Å². The predicted molar refractivity (Wildman–Crippen MR) is 108 cm³/mol. The van der Waals surface area contributed by atoms with Crippen molar-refractivity contribution in [3.05, 3.63) is 66.8 Å². The zero-order chi connectivity index (χ0) is 19.6. The van der Waals surface area contributed by atoms with E-state index in [9.17, 15) is 4.79 Å². The van der Waals surface area contributed by atoms with Crippen molar-refractivity contribution < 1.29 is 13.9 Å². The van der Waals surface area contributed by atoms with Gasteiger partial charge in [0.1, 0.15) is 11.6 Å². The summed E-state index contributed by atoms with van der Waals surface area (Å²) in [5.41, 5.74) is 3.20. The molecule has 1 saturated heterocycles. The number of amides is 1. The average molecular weight is 389 g/mol. The van der Waals surface area contributed by atoms with Crippen molar-refractivity contribution in [1.29, 1.82) is 0 Å². The van der Waals surface area contributed by atoms with E-state index in [-0.39, 0.29) is 5.91 Å². The molecule has 0 aliphatic carbocycles. The molecule has 0 radical (unpaired) electrons. The molecule has 1 fully saturated rings. The Hall–Kier alpha value is -3.65. The van der Waals surface area contributed by atoms with Gasteiger partial charge in [-0.05, 0) is 23.8 Å². The standard InChI is InChI=1S/C21H19N5O3/c27-21(16-3-1-15(2-4-16)17-6-10-29-14-17)24-18-13-20(25-8-11-28-12-9-25)26-19(23-18)5-7-22-26/h1-7,10,13-14H,8-9,11-12H2,(H,23,24,27). The number of morpholine rings is 1. The summed E-state index contributed by atoms with van der Waals surface area (Å²) in [6.45, 7) is 2.86. The van der Waals surface area contributed by atoms with Crippen LogP contribution in [-0.4, -0.2) is 46.8 Å². The first-order chi connectivity index (χ1) is 14.3. The number of carbonyl (C=O) groups excluding carboxylic acids is 1. The highest BCUT2D eigenvalue weighted by molar-refractivity contribution is 6.04. The Morgan fingerprint density at radius 1 is 1.03 bits per heavy atom. The molecule has 0 unspecified atom stereocenters. The lowest BCUT2D eigenvalue weighted by molar-refractivity contribution is 0.102. The zero-order valence-corrected chi connectivity index (χ0v) is 15.6. The first kappa shape index (κ1) is 17.4. The average Bonchev–Trinajstić information content (AvgIpc) is 3.46. The van der Waals surface area contributed by atoms with Gasteiger partial charge in [0.25, 0.3) is 5.91 Å². The van der Waals surface area contributed by atoms with Gasteiger partial charge in [0.15, 0.2) is 5.65 Å². The molecular weight excluding hydrogens is 370 g/mol. The van der Waals surface area contributed by atoms with Crippen molar-refractivity contribution in [1.82, 2.24) is 14.6 Å². The van der Waals surface area contributed by atoms with Gasteiger partial charge in [-0.1, -0.05) is 12.1 Å². The number of nitrogens with one attached hydrogen (secondary N) is 1. The summed E-state index contributed by atoms with van der Waals surface area (Å²) in [4.78, 5) is 19.4. The molecular formula is C21H19N5O3. The quantitative estimate of drug-likeness (QED) is 0.577. The number of anilines is 2. The van der Waals surface area contributed by atoms with Crippen LogP contribution in [0.2, 0.25) is 0 Å². The minimum absolute atomic E-state index is 0.215. The van der Waals surface area contributed by atoms with Gasteiger partial charge in [0.05, 0.1) is 31.9 Å². The number of benzene rings is 1. The molecule has 8 nitrogen and oxygen atoms in total. The summed E-state index contributed by atoms with van der Waals surface area (Å²) in [6.07, 6.45) is 5.00. The maximum atomic E-state index is 12.7. The predicted octanol–water partition coefficient (Wildman–Crippen LogP) is 3.08. The molecule has 0 atom stereocenters. The molecule has 4 heterocycles. The number of ether oxygens (including phenoxy) is 1. The van der Waals surface area contributed by atoms with E-state index in [1.807, 2.05) is 30.3 Å². The van der Waals surface area contributed by atoms with Crippen LogP contribution < -0.4 is 10.2 Å². The third-order valence-corrected chi connectivity index (χ3v) is 4.92. The molecule has 0 saturated carbocycles. The first-order valence-electron chi connectivity index (χ1n) is 9.39. The topological polar surface area (TPSA) is 84.9 Å². The second-order valence-electron chi connectivity index (χ2n) is 6.74. The summed E-state index contributed by atoms with van der Waals surface area (Å²) in [5, 5.41) is 7.26. The molecule has 1 aliphatic heterocycles. The van der Waals surface area contributed by atoms with E-state index < -0.39 is 0 Å². The highest BCUT2D eigenvalue weighted by Gasteiger charge is 2.17. The number of hydrogen-bond acceptors (Lipinski definition) is 6. The minimum atomic E-state index is -0.215. The monoisotopic (exact) mass is 389 g/mol. The summed E-state index contributed by atoms with van der Waals surface area (Å²) >= 11 is 0. The second kappa shape index (κ2) is 7.40. The fraction of sp³-hybridized carbons (Fsp3) is 0.190. The lowest BCUT2D eigenvalue weighted by Gasteiger charge is -2.29. The van der Waals surface area contributed by atoms with Crippen molar-refractivity contribution in [2.75, 3.05) is 36.5 Å². The van der Waals surface area contributed by atoms with Crippen LogP contribution in [0.1, 0.15) is 10.4 Å². The van der Waals surface area contributed by atoms with Gasteiger partial charge < -0.3 is 19.4 Å². The van der Waals surface area contributed by atoms with Gasteiger partial charge in [-0.15, -0.1) is 0 Å². The molecule has 0 spiro atoms. The van der Waals surface area contributed by atoms with Gasteiger partial charge in [0, 0.05) is 36.3 Å². The molecule has 5 rings (SSSR count). The second-order valence-corrected chi connectivity index (χ2v) is 6.74. The summed E-state index contributed by atoms with van der Waals surface area (Å²) in [6, 6.07) is 12.9. The van der Waals surface area contributed by atoms with E-state index in [1.165, 1.54) is 0 Å². The molecule has 4 aromatic rings. The van der Waals surface area contributed by atoms with Crippen molar-refractivity contribution in [2.24, 2.45) is 0 Å². The lowest BCUT2D eigenvalue weighted by Crippen LogP contribution is -2.37. The number of furan rings is 1. The Bertz CT molecular complexity index is 1130. The summed E-state index contributed by atoms with van der Waals surface area (Å²) in [5.74, 6) is 1.16. The van der Waals surface area contributed by atoms with Gasteiger partial charge in [0.2, 0.25) is 0 Å². The van der Waals surface area contributed by atoms with Gasteiger partial charge in [-0.3, -0.25) is 4.79 Å². The highest BCUT2D eigenvalue weighted by Crippen LogP contribution is 2.23. The smallest absolute Gasteiger partial charge is 0.256 e. The third kappa shape index (κ3) is 3.45. The van der Waals surface area contributed by atoms with Crippen molar-refractivity contribution in [2.45, 2.75) is 0 Å². The van der Waals surface area contributed by atoms with Gasteiger partial charge >= 0.3 is 0 Å². The molecule has 3 aromatic heterocycles. The molecule has 1 aliphatic rings. The van der Waals surface area contributed by atoms with Crippen LogP contribution in [0.5, 0.6) is 0 Å². The normalized spacial score (nSPS) is 14.3. The van der Waals surface area contributed by atoms with Crippen LogP contribution in [0.3, 0.4) is 0 Å². The van der Waals surface area contributed by atoms with Crippen molar-refractivity contribution >= 4 is 23.2 Å². The largest absolute Gasteiger partial charge is 0.472 e. The van der Waals surface area contributed by atoms with E-state index in [2.05, 4.69) is 20.3 Å². The molecule has 29 heavy (non-hydrogen) atoms. The maximum absolute atomic E-state index is 12.7. The van der Waals surface area contributed by atoms with E-state index in [0.29, 0.717) is 30.2 Å². The Labute approximate surface area is 166 Å². The van der Waals surface area contributed by atoms with Crippen molar-refractivity contribution in [3.8, 4) is 11.1 Å². The molecule has 146 valence electrons. The highest BCUT2D eigenvalue weighted by atomic mass is 16.5. The fourth-order valence-corrected chi connectivity index (χ4v) is 3.41. The number of rotatable bonds is 4. The number of nitrogens with zero attached hydrogens (tertiary/aromatic N) is 4. The molecule has 1 amide bonds. The number of aromatic nitrogens is 3. The third-order valence-electron chi connectivity index (χ3n) is 4.92. The SMILES string of the molecule is O=C(Nc1cc(N2CCOCC2)n2nccc2n1)c1ccc(-c2ccoc2)cc1.